The molecule has 2 bridgehead atoms. The normalized spacial score (nSPS) is 32.6. The van der Waals surface area contributed by atoms with Crippen LogP contribution >= 0.6 is 0 Å². The molecule has 3 fully saturated rings. The fourth-order valence-electron chi connectivity index (χ4n) is 3.20. The van der Waals surface area contributed by atoms with Gasteiger partial charge in [0, 0.05) is 44.3 Å². The van der Waals surface area contributed by atoms with Crippen LogP contribution in [0.15, 0.2) is 23.0 Å². The van der Waals surface area contributed by atoms with Crippen LogP contribution in [0.2, 0.25) is 0 Å². The van der Waals surface area contributed by atoms with E-state index in [1.165, 1.54) is 44.7 Å². The van der Waals surface area contributed by atoms with Crippen molar-refractivity contribution in [1.82, 2.24) is 15.1 Å². The van der Waals surface area contributed by atoms with Gasteiger partial charge in [-0.1, -0.05) is 6.92 Å². The van der Waals surface area contributed by atoms with Gasteiger partial charge in [-0.25, -0.2) is 0 Å². The molecular weight excluding hydrogens is 226 g/mol. The van der Waals surface area contributed by atoms with E-state index >= 15 is 0 Å². The molecule has 1 aromatic rings. The van der Waals surface area contributed by atoms with Crippen LogP contribution in [0.3, 0.4) is 0 Å². The number of nitrogens with zero attached hydrogens (tertiary/aromatic N) is 2. The number of rotatable bonds is 5. The number of piperazine rings is 3. The Balaban J connectivity index is 1.76. The lowest BCUT2D eigenvalue weighted by atomic mass is 9.95. The van der Waals surface area contributed by atoms with E-state index in [0.717, 1.165) is 6.54 Å². The Hall–Kier alpha value is -0.840. The predicted octanol–water partition coefficient (Wildman–Crippen LogP) is 1.32. The highest BCUT2D eigenvalue weighted by Gasteiger charge is 2.37. The van der Waals surface area contributed by atoms with Crippen molar-refractivity contribution in [3.63, 3.8) is 0 Å². The first-order chi connectivity index (χ1) is 8.88. The lowest BCUT2D eigenvalue weighted by Gasteiger charge is -2.50. The molecule has 4 heteroatoms. The summed E-state index contributed by atoms with van der Waals surface area (Å²) >= 11 is 0. The summed E-state index contributed by atoms with van der Waals surface area (Å²) in [4.78, 5) is 5.23. The van der Waals surface area contributed by atoms with Gasteiger partial charge in [0.2, 0.25) is 0 Å². The highest BCUT2D eigenvalue weighted by molar-refractivity contribution is 5.16. The number of hydrogen-bond acceptors (Lipinski definition) is 4. The third-order valence-corrected chi connectivity index (χ3v) is 4.22. The quantitative estimate of drug-likeness (QED) is 0.853. The molecule has 2 unspecified atom stereocenters. The Morgan fingerprint density at radius 3 is 2.78 bits per heavy atom. The van der Waals surface area contributed by atoms with E-state index in [2.05, 4.69) is 28.1 Å². The summed E-state index contributed by atoms with van der Waals surface area (Å²) in [5.74, 6) is 0. The highest BCUT2D eigenvalue weighted by Crippen LogP contribution is 2.27. The highest BCUT2D eigenvalue weighted by atomic mass is 16.3. The van der Waals surface area contributed by atoms with Crippen molar-refractivity contribution in [2.45, 2.75) is 25.4 Å². The Morgan fingerprint density at radius 1 is 1.39 bits per heavy atom. The zero-order valence-electron chi connectivity index (χ0n) is 11.1. The molecule has 0 radical (unpaired) electrons. The molecule has 0 aromatic carbocycles. The molecule has 100 valence electrons. The number of hydrogen-bond donors (Lipinski definition) is 1. The van der Waals surface area contributed by atoms with Crippen molar-refractivity contribution in [3.05, 3.63) is 24.2 Å². The van der Waals surface area contributed by atoms with Crippen LogP contribution in [0.1, 0.15) is 24.9 Å². The molecule has 4 rings (SSSR count). The van der Waals surface area contributed by atoms with Gasteiger partial charge in [-0.3, -0.25) is 9.80 Å². The summed E-state index contributed by atoms with van der Waals surface area (Å²) in [6, 6.07) is 3.11. The minimum absolute atomic E-state index is 0.409. The number of nitrogens with one attached hydrogen (secondary N) is 1. The smallest absolute Gasteiger partial charge is 0.0950 e. The zero-order chi connectivity index (χ0) is 12.4. The molecule has 0 spiro atoms. The van der Waals surface area contributed by atoms with Crippen molar-refractivity contribution in [2.75, 3.05) is 39.3 Å². The van der Waals surface area contributed by atoms with Gasteiger partial charge in [0.25, 0.3) is 0 Å². The summed E-state index contributed by atoms with van der Waals surface area (Å²) in [5.41, 5.74) is 1.29. The lowest BCUT2D eigenvalue weighted by molar-refractivity contribution is -0.00372. The second kappa shape index (κ2) is 5.43. The average Bonchev–Trinajstić information content (AvgIpc) is 2.95. The van der Waals surface area contributed by atoms with Gasteiger partial charge in [-0.15, -0.1) is 0 Å². The Bertz CT molecular complexity index is 357. The third-order valence-electron chi connectivity index (χ3n) is 4.22. The van der Waals surface area contributed by atoms with Crippen LogP contribution in [0, 0.1) is 0 Å². The summed E-state index contributed by atoms with van der Waals surface area (Å²) in [5, 5.41) is 3.70. The predicted molar refractivity (Wildman–Crippen MR) is 71.5 cm³/mol. The van der Waals surface area contributed by atoms with E-state index in [0.29, 0.717) is 12.1 Å². The summed E-state index contributed by atoms with van der Waals surface area (Å²) in [6.07, 6.45) is 4.85. The molecule has 3 aliphatic heterocycles. The maximum Gasteiger partial charge on any atom is 0.0950 e. The van der Waals surface area contributed by atoms with E-state index in [1.54, 1.807) is 6.26 Å². The Labute approximate surface area is 109 Å². The standard InChI is InChI=1S/C14H23N3O/c1-2-4-15-14(12-3-9-18-11-12)13-10-16-5-7-17(13)8-6-16/h3,9,11,13-15H,2,4-8,10H2,1H3. The molecule has 0 aliphatic carbocycles. The van der Waals surface area contributed by atoms with Crippen LogP contribution in [-0.4, -0.2) is 55.1 Å². The molecule has 1 N–H and O–H groups in total. The van der Waals surface area contributed by atoms with Crippen molar-refractivity contribution in [1.29, 1.82) is 0 Å². The molecule has 2 atom stereocenters. The topological polar surface area (TPSA) is 31.7 Å². The van der Waals surface area contributed by atoms with Crippen LogP contribution in [0.5, 0.6) is 0 Å². The van der Waals surface area contributed by atoms with E-state index < -0.39 is 0 Å². The van der Waals surface area contributed by atoms with Gasteiger partial charge >= 0.3 is 0 Å². The minimum atomic E-state index is 0.409. The van der Waals surface area contributed by atoms with Gasteiger partial charge in [-0.2, -0.15) is 0 Å². The van der Waals surface area contributed by atoms with Crippen molar-refractivity contribution >= 4 is 0 Å². The summed E-state index contributed by atoms with van der Waals surface area (Å²) in [7, 11) is 0. The average molecular weight is 249 g/mol. The van der Waals surface area contributed by atoms with E-state index in [1.807, 2.05) is 6.26 Å². The minimum Gasteiger partial charge on any atom is -0.472 e. The Morgan fingerprint density at radius 2 is 2.22 bits per heavy atom. The third kappa shape index (κ3) is 2.32. The van der Waals surface area contributed by atoms with Gasteiger partial charge in [0.15, 0.2) is 0 Å². The fourth-order valence-corrected chi connectivity index (χ4v) is 3.20. The fraction of sp³-hybridized carbons (Fsp3) is 0.714. The van der Waals surface area contributed by atoms with Crippen LogP contribution in [0.25, 0.3) is 0 Å². The largest absolute Gasteiger partial charge is 0.472 e. The molecule has 18 heavy (non-hydrogen) atoms. The van der Waals surface area contributed by atoms with Gasteiger partial charge in [0.05, 0.1) is 18.6 Å². The van der Waals surface area contributed by atoms with Gasteiger partial charge in [0.1, 0.15) is 0 Å². The second-order valence-corrected chi connectivity index (χ2v) is 5.39. The first-order valence-corrected chi connectivity index (χ1v) is 7.10. The first-order valence-electron chi connectivity index (χ1n) is 7.10. The van der Waals surface area contributed by atoms with Crippen molar-refractivity contribution in [3.8, 4) is 0 Å². The molecule has 0 saturated carbocycles. The summed E-state index contributed by atoms with van der Waals surface area (Å²) in [6.45, 7) is 9.38. The molecule has 3 aliphatic rings. The second-order valence-electron chi connectivity index (χ2n) is 5.39. The van der Waals surface area contributed by atoms with Crippen LogP contribution in [0.4, 0.5) is 0 Å². The van der Waals surface area contributed by atoms with Crippen molar-refractivity contribution < 1.29 is 4.42 Å². The van der Waals surface area contributed by atoms with Crippen LogP contribution in [-0.2, 0) is 0 Å². The maximum atomic E-state index is 5.27. The molecule has 0 amide bonds. The van der Waals surface area contributed by atoms with Gasteiger partial charge in [-0.05, 0) is 19.0 Å². The van der Waals surface area contributed by atoms with Gasteiger partial charge < -0.3 is 9.73 Å². The van der Waals surface area contributed by atoms with E-state index in [4.69, 9.17) is 4.42 Å². The molecule has 3 saturated heterocycles. The lowest BCUT2D eigenvalue weighted by Crippen LogP contribution is -2.63. The SMILES string of the molecule is CCCNC(c1ccoc1)C1CN2CCN1CC2. The van der Waals surface area contributed by atoms with Crippen LogP contribution < -0.4 is 5.32 Å². The molecule has 1 aromatic heterocycles. The Kier molecular flexibility index (Phi) is 3.68. The summed E-state index contributed by atoms with van der Waals surface area (Å²) < 4.78 is 5.27. The first kappa shape index (κ1) is 12.2. The van der Waals surface area contributed by atoms with Crippen molar-refractivity contribution in [2.24, 2.45) is 0 Å². The van der Waals surface area contributed by atoms with E-state index in [-0.39, 0.29) is 0 Å². The number of furan rings is 1. The number of fused-ring (bicyclic) bond motifs is 3. The maximum absolute atomic E-state index is 5.27. The monoisotopic (exact) mass is 249 g/mol. The molecule has 4 nitrogen and oxygen atoms in total. The van der Waals surface area contributed by atoms with E-state index in [9.17, 15) is 0 Å². The molecular formula is C14H23N3O. The zero-order valence-corrected chi connectivity index (χ0v) is 11.1. The molecule has 4 heterocycles.